The van der Waals surface area contributed by atoms with Crippen LogP contribution in [0, 0.1) is 11.3 Å². The highest BCUT2D eigenvalue weighted by Gasteiger charge is 2.35. The molecule has 92 valence electrons. The van der Waals surface area contributed by atoms with E-state index in [1.54, 1.807) is 0 Å². The summed E-state index contributed by atoms with van der Waals surface area (Å²) in [7, 11) is 0. The predicted octanol–water partition coefficient (Wildman–Crippen LogP) is 2.27. The van der Waals surface area contributed by atoms with Gasteiger partial charge in [0.25, 0.3) is 0 Å². The van der Waals surface area contributed by atoms with Crippen molar-refractivity contribution in [3.8, 4) is 6.07 Å². The second kappa shape index (κ2) is 5.16. The fraction of sp³-hybridized carbons (Fsp3) is 0.923. The van der Waals surface area contributed by atoms with Crippen molar-refractivity contribution in [2.45, 2.75) is 77.0 Å². The van der Waals surface area contributed by atoms with Gasteiger partial charge in [-0.15, -0.1) is 0 Å². The minimum atomic E-state index is -0.694. The zero-order valence-electron chi connectivity index (χ0n) is 11.0. The van der Waals surface area contributed by atoms with E-state index in [9.17, 15) is 0 Å². The van der Waals surface area contributed by atoms with Gasteiger partial charge in [0.05, 0.1) is 6.07 Å². The molecule has 0 amide bonds. The summed E-state index contributed by atoms with van der Waals surface area (Å²) in [6.45, 7) is 8.55. The van der Waals surface area contributed by atoms with E-state index in [2.05, 4.69) is 31.7 Å². The van der Waals surface area contributed by atoms with Gasteiger partial charge in [-0.05, 0) is 46.5 Å². The van der Waals surface area contributed by atoms with Crippen molar-refractivity contribution in [2.75, 3.05) is 0 Å². The third-order valence-corrected chi connectivity index (χ3v) is 3.80. The summed E-state index contributed by atoms with van der Waals surface area (Å²) >= 11 is 0. The molecule has 3 nitrogen and oxygen atoms in total. The molecule has 0 spiro atoms. The summed E-state index contributed by atoms with van der Waals surface area (Å²) in [5.41, 5.74) is 5.23. The highest BCUT2D eigenvalue weighted by molar-refractivity contribution is 5.04. The Bertz CT molecular complexity index is 267. The van der Waals surface area contributed by atoms with Gasteiger partial charge in [0.2, 0.25) is 0 Å². The van der Waals surface area contributed by atoms with Crippen LogP contribution in [0.2, 0.25) is 0 Å². The minimum Gasteiger partial charge on any atom is -0.314 e. The molecule has 16 heavy (non-hydrogen) atoms. The quantitative estimate of drug-likeness (QED) is 0.795. The fourth-order valence-corrected chi connectivity index (χ4v) is 3.07. The lowest BCUT2D eigenvalue weighted by Crippen LogP contribution is -2.47. The molecule has 4 atom stereocenters. The van der Waals surface area contributed by atoms with Gasteiger partial charge in [0, 0.05) is 18.1 Å². The van der Waals surface area contributed by atoms with Gasteiger partial charge in [-0.1, -0.05) is 6.92 Å². The van der Waals surface area contributed by atoms with Crippen molar-refractivity contribution in [2.24, 2.45) is 5.73 Å². The SMILES string of the molecule is CCC1CCC(C)N1C(C)CC(C)(N)C#N. The lowest BCUT2D eigenvalue weighted by atomic mass is 9.95. The predicted molar refractivity (Wildman–Crippen MR) is 66.9 cm³/mol. The number of nitrogens with zero attached hydrogens (tertiary/aromatic N) is 2. The molecule has 0 radical (unpaired) electrons. The maximum Gasteiger partial charge on any atom is 0.102 e. The number of hydrogen-bond donors (Lipinski definition) is 1. The van der Waals surface area contributed by atoms with Crippen molar-refractivity contribution in [1.82, 2.24) is 4.90 Å². The van der Waals surface area contributed by atoms with Crippen LogP contribution in [-0.4, -0.2) is 28.6 Å². The van der Waals surface area contributed by atoms with Crippen LogP contribution in [-0.2, 0) is 0 Å². The molecule has 4 unspecified atom stereocenters. The lowest BCUT2D eigenvalue weighted by Gasteiger charge is -2.36. The molecular formula is C13H25N3. The molecule has 0 aromatic heterocycles. The minimum absolute atomic E-state index is 0.400. The number of nitriles is 1. The normalized spacial score (nSPS) is 32.0. The summed E-state index contributed by atoms with van der Waals surface area (Å²) in [6.07, 6.45) is 4.51. The van der Waals surface area contributed by atoms with Gasteiger partial charge < -0.3 is 5.73 Å². The smallest absolute Gasteiger partial charge is 0.102 e. The second-order valence-electron chi connectivity index (χ2n) is 5.52. The Morgan fingerprint density at radius 3 is 2.69 bits per heavy atom. The van der Waals surface area contributed by atoms with Gasteiger partial charge in [0.15, 0.2) is 0 Å². The van der Waals surface area contributed by atoms with Crippen molar-refractivity contribution in [1.29, 1.82) is 5.26 Å². The molecule has 1 rings (SSSR count). The molecule has 0 bridgehead atoms. The monoisotopic (exact) mass is 223 g/mol. The fourth-order valence-electron chi connectivity index (χ4n) is 3.07. The van der Waals surface area contributed by atoms with Crippen molar-refractivity contribution >= 4 is 0 Å². The molecule has 0 aromatic carbocycles. The maximum atomic E-state index is 8.98. The van der Waals surface area contributed by atoms with Gasteiger partial charge in [-0.3, -0.25) is 4.90 Å². The van der Waals surface area contributed by atoms with Gasteiger partial charge in [-0.25, -0.2) is 0 Å². The van der Waals surface area contributed by atoms with Crippen LogP contribution in [0.25, 0.3) is 0 Å². The van der Waals surface area contributed by atoms with Gasteiger partial charge in [-0.2, -0.15) is 5.26 Å². The average Bonchev–Trinajstić information content (AvgIpc) is 2.59. The molecular weight excluding hydrogens is 198 g/mol. The Balaban J connectivity index is 2.65. The molecule has 3 heteroatoms. The van der Waals surface area contributed by atoms with E-state index < -0.39 is 5.54 Å². The molecule has 2 N–H and O–H groups in total. The molecule has 1 saturated heterocycles. The van der Waals surface area contributed by atoms with E-state index in [0.29, 0.717) is 18.1 Å². The number of nitrogens with two attached hydrogens (primary N) is 1. The number of likely N-dealkylation sites (tertiary alicyclic amines) is 1. The van der Waals surface area contributed by atoms with E-state index in [-0.39, 0.29) is 0 Å². The Morgan fingerprint density at radius 2 is 2.19 bits per heavy atom. The molecule has 1 aliphatic heterocycles. The molecule has 0 saturated carbocycles. The largest absolute Gasteiger partial charge is 0.314 e. The first-order chi connectivity index (χ1) is 7.41. The van der Waals surface area contributed by atoms with Crippen molar-refractivity contribution in [3.05, 3.63) is 0 Å². The van der Waals surface area contributed by atoms with Crippen LogP contribution in [0.1, 0.15) is 53.4 Å². The first-order valence-corrected chi connectivity index (χ1v) is 6.39. The summed E-state index contributed by atoms with van der Waals surface area (Å²) in [4.78, 5) is 2.56. The summed E-state index contributed by atoms with van der Waals surface area (Å²) in [6, 6.07) is 3.91. The third kappa shape index (κ3) is 2.96. The summed E-state index contributed by atoms with van der Waals surface area (Å²) in [5.74, 6) is 0. The molecule has 0 aromatic rings. The molecule has 1 fully saturated rings. The third-order valence-electron chi connectivity index (χ3n) is 3.80. The topological polar surface area (TPSA) is 53.0 Å². The van der Waals surface area contributed by atoms with Gasteiger partial charge in [0.1, 0.15) is 5.54 Å². The van der Waals surface area contributed by atoms with Gasteiger partial charge >= 0.3 is 0 Å². The van der Waals surface area contributed by atoms with E-state index in [1.807, 2.05) is 6.92 Å². The van der Waals surface area contributed by atoms with Crippen LogP contribution in [0.4, 0.5) is 0 Å². The van der Waals surface area contributed by atoms with Crippen LogP contribution in [0.15, 0.2) is 0 Å². The average molecular weight is 223 g/mol. The first kappa shape index (κ1) is 13.5. The van der Waals surface area contributed by atoms with E-state index in [0.717, 1.165) is 6.42 Å². The zero-order valence-corrected chi connectivity index (χ0v) is 11.0. The van der Waals surface area contributed by atoms with Crippen molar-refractivity contribution in [3.63, 3.8) is 0 Å². The molecule has 1 heterocycles. The van der Waals surface area contributed by atoms with Crippen LogP contribution >= 0.6 is 0 Å². The Kier molecular flexibility index (Phi) is 4.35. The van der Waals surface area contributed by atoms with Crippen LogP contribution in [0.3, 0.4) is 0 Å². The Hall–Kier alpha value is -0.590. The van der Waals surface area contributed by atoms with E-state index >= 15 is 0 Å². The first-order valence-electron chi connectivity index (χ1n) is 6.39. The summed E-state index contributed by atoms with van der Waals surface area (Å²) < 4.78 is 0. The lowest BCUT2D eigenvalue weighted by molar-refractivity contribution is 0.126. The highest BCUT2D eigenvalue weighted by atomic mass is 15.2. The van der Waals surface area contributed by atoms with E-state index in [4.69, 9.17) is 11.0 Å². The van der Waals surface area contributed by atoms with Crippen molar-refractivity contribution < 1.29 is 0 Å². The number of rotatable bonds is 4. The van der Waals surface area contributed by atoms with E-state index in [1.165, 1.54) is 19.3 Å². The van der Waals surface area contributed by atoms with Crippen LogP contribution in [0.5, 0.6) is 0 Å². The Labute approximate surface area is 99.6 Å². The molecule has 1 aliphatic rings. The number of hydrogen-bond acceptors (Lipinski definition) is 3. The maximum absolute atomic E-state index is 8.98. The molecule has 0 aliphatic carbocycles. The summed E-state index contributed by atoms with van der Waals surface area (Å²) in [5, 5.41) is 8.98. The Morgan fingerprint density at radius 1 is 1.56 bits per heavy atom. The standard InChI is InChI=1S/C13H25N3/c1-5-12-7-6-10(2)16(12)11(3)8-13(4,15)9-14/h10-12H,5-8,15H2,1-4H3. The van der Waals surface area contributed by atoms with Crippen LogP contribution < -0.4 is 5.73 Å². The second-order valence-corrected chi connectivity index (χ2v) is 5.52. The zero-order chi connectivity index (χ0) is 12.3. The highest BCUT2D eigenvalue weighted by Crippen LogP contribution is 2.30.